The van der Waals surface area contributed by atoms with E-state index in [4.69, 9.17) is 4.74 Å². The van der Waals surface area contributed by atoms with Crippen molar-refractivity contribution in [3.05, 3.63) is 0 Å². The predicted octanol–water partition coefficient (Wildman–Crippen LogP) is 2.41. The molecule has 2 aliphatic rings. The second-order valence-corrected chi connectivity index (χ2v) is 6.53. The van der Waals surface area contributed by atoms with E-state index in [1.54, 1.807) is 0 Å². The van der Waals surface area contributed by atoms with Gasteiger partial charge in [-0.05, 0) is 49.5 Å². The maximum absolute atomic E-state index is 10.9. The van der Waals surface area contributed by atoms with Crippen molar-refractivity contribution in [3.63, 3.8) is 0 Å². The van der Waals surface area contributed by atoms with Gasteiger partial charge in [0.15, 0.2) is 0 Å². The predicted molar refractivity (Wildman–Crippen MR) is 72.2 cm³/mol. The number of carbonyl (C=O) groups excluding carboxylic acids is 1. The zero-order valence-electron chi connectivity index (χ0n) is 12.2. The Labute approximate surface area is 111 Å². The van der Waals surface area contributed by atoms with Gasteiger partial charge >= 0.3 is 5.97 Å². The van der Waals surface area contributed by atoms with Crippen LogP contribution in [-0.4, -0.2) is 37.6 Å². The number of rotatable bonds is 3. The average Bonchev–Trinajstić information content (AvgIpc) is 2.27. The lowest BCUT2D eigenvalue weighted by Gasteiger charge is -2.52. The van der Waals surface area contributed by atoms with Crippen molar-refractivity contribution >= 4 is 5.97 Å². The van der Waals surface area contributed by atoms with Crippen LogP contribution in [0.3, 0.4) is 0 Å². The number of hydrogen-bond acceptors (Lipinski definition) is 3. The maximum Gasteiger partial charge on any atom is 0.302 e. The molecule has 0 N–H and O–H groups in total. The van der Waals surface area contributed by atoms with Crippen LogP contribution in [0.4, 0.5) is 0 Å². The highest BCUT2D eigenvalue weighted by molar-refractivity contribution is 5.65. The molecule has 2 fully saturated rings. The van der Waals surface area contributed by atoms with Crippen LogP contribution >= 0.6 is 0 Å². The van der Waals surface area contributed by atoms with Crippen molar-refractivity contribution in [1.29, 1.82) is 0 Å². The van der Waals surface area contributed by atoms with Crippen LogP contribution in [0.25, 0.3) is 0 Å². The number of esters is 1. The summed E-state index contributed by atoms with van der Waals surface area (Å²) in [5.41, 5.74) is 0. The number of fused-ring (bicyclic) bond motifs is 2. The zero-order valence-corrected chi connectivity index (χ0v) is 12.2. The lowest BCUT2D eigenvalue weighted by molar-refractivity contribution is -0.142. The fourth-order valence-electron chi connectivity index (χ4n) is 4.29. The Bertz CT molecular complexity index is 287. The first-order valence-corrected chi connectivity index (χ1v) is 7.31. The SMILES string of the molecule is CC(=O)OCCC1C2CN(C)CC1[C@H](C)C[C@H]2C. The number of hydrogen-bond donors (Lipinski definition) is 0. The van der Waals surface area contributed by atoms with Gasteiger partial charge in [0.1, 0.15) is 0 Å². The summed E-state index contributed by atoms with van der Waals surface area (Å²) < 4.78 is 5.15. The van der Waals surface area contributed by atoms with E-state index in [2.05, 4.69) is 25.8 Å². The highest BCUT2D eigenvalue weighted by Crippen LogP contribution is 2.46. The summed E-state index contributed by atoms with van der Waals surface area (Å²) in [4.78, 5) is 13.4. The lowest BCUT2D eigenvalue weighted by Crippen LogP contribution is -2.52. The molecule has 104 valence electrons. The monoisotopic (exact) mass is 253 g/mol. The Hall–Kier alpha value is -0.570. The van der Waals surface area contributed by atoms with Gasteiger partial charge < -0.3 is 9.64 Å². The Morgan fingerprint density at radius 2 is 1.78 bits per heavy atom. The molecule has 1 saturated carbocycles. The third-order valence-electron chi connectivity index (χ3n) is 5.11. The Balaban J connectivity index is 2.00. The molecule has 3 nitrogen and oxygen atoms in total. The molecule has 3 heteroatoms. The molecule has 0 aromatic rings. The van der Waals surface area contributed by atoms with E-state index >= 15 is 0 Å². The molecule has 0 aromatic heterocycles. The molecule has 1 saturated heterocycles. The Morgan fingerprint density at radius 3 is 2.28 bits per heavy atom. The fraction of sp³-hybridized carbons (Fsp3) is 0.933. The molecule has 1 aliphatic carbocycles. The smallest absolute Gasteiger partial charge is 0.302 e. The normalized spacial score (nSPS) is 40.6. The third kappa shape index (κ3) is 2.87. The lowest BCUT2D eigenvalue weighted by atomic mass is 9.59. The summed E-state index contributed by atoms with van der Waals surface area (Å²) in [7, 11) is 2.24. The molecule has 2 unspecified atom stereocenters. The van der Waals surface area contributed by atoms with Gasteiger partial charge in [0.05, 0.1) is 6.61 Å². The van der Waals surface area contributed by atoms with E-state index in [0.717, 1.165) is 36.0 Å². The molecular weight excluding hydrogens is 226 g/mol. The van der Waals surface area contributed by atoms with Crippen LogP contribution < -0.4 is 0 Å². The topological polar surface area (TPSA) is 29.5 Å². The molecule has 0 spiro atoms. The minimum atomic E-state index is -0.144. The van der Waals surface area contributed by atoms with Gasteiger partial charge in [-0.1, -0.05) is 13.8 Å². The first-order chi connectivity index (χ1) is 8.49. The van der Waals surface area contributed by atoms with Crippen molar-refractivity contribution in [2.24, 2.45) is 29.6 Å². The van der Waals surface area contributed by atoms with Crippen LogP contribution in [0.1, 0.15) is 33.6 Å². The second-order valence-electron chi connectivity index (χ2n) is 6.53. The van der Waals surface area contributed by atoms with Crippen LogP contribution in [0.15, 0.2) is 0 Å². The van der Waals surface area contributed by atoms with E-state index in [1.807, 2.05) is 0 Å². The molecule has 2 rings (SSSR count). The quantitative estimate of drug-likeness (QED) is 0.723. The largest absolute Gasteiger partial charge is 0.466 e. The van der Waals surface area contributed by atoms with Gasteiger partial charge in [-0.3, -0.25) is 4.79 Å². The van der Waals surface area contributed by atoms with Crippen molar-refractivity contribution in [3.8, 4) is 0 Å². The van der Waals surface area contributed by atoms with Gasteiger partial charge in [-0.2, -0.15) is 0 Å². The summed E-state index contributed by atoms with van der Waals surface area (Å²) >= 11 is 0. The maximum atomic E-state index is 10.9. The first kappa shape index (κ1) is 13.9. The van der Waals surface area contributed by atoms with E-state index < -0.39 is 0 Å². The highest BCUT2D eigenvalue weighted by atomic mass is 16.5. The summed E-state index contributed by atoms with van der Waals surface area (Å²) in [5, 5.41) is 0. The number of piperidine rings is 1. The van der Waals surface area contributed by atoms with Crippen LogP contribution in [0.5, 0.6) is 0 Å². The molecule has 0 aromatic carbocycles. The molecule has 0 amide bonds. The number of nitrogens with zero attached hydrogens (tertiary/aromatic N) is 1. The van der Waals surface area contributed by atoms with Crippen molar-refractivity contribution in [1.82, 2.24) is 4.90 Å². The summed E-state index contributed by atoms with van der Waals surface area (Å²) in [6, 6.07) is 0. The van der Waals surface area contributed by atoms with Crippen LogP contribution in [0, 0.1) is 29.6 Å². The standard InChI is InChI=1S/C15H27NO2/c1-10-7-11(2)15-9-16(4)8-14(10)13(15)5-6-18-12(3)17/h10-11,13-15H,5-9H2,1-4H3/t10-,11-,13?,14?,15?/m1/s1. The second kappa shape index (κ2) is 5.60. The minimum absolute atomic E-state index is 0.144. The molecule has 0 radical (unpaired) electrons. The van der Waals surface area contributed by atoms with Crippen molar-refractivity contribution in [2.75, 3.05) is 26.7 Å². The number of likely N-dealkylation sites (tertiary alicyclic amines) is 1. The minimum Gasteiger partial charge on any atom is -0.466 e. The summed E-state index contributed by atoms with van der Waals surface area (Å²) in [6.45, 7) is 9.34. The van der Waals surface area contributed by atoms with Crippen molar-refractivity contribution in [2.45, 2.75) is 33.6 Å². The molecule has 1 heterocycles. The van der Waals surface area contributed by atoms with Crippen LogP contribution in [-0.2, 0) is 9.53 Å². The number of ether oxygens (including phenoxy) is 1. The van der Waals surface area contributed by atoms with Crippen molar-refractivity contribution < 1.29 is 9.53 Å². The molecule has 2 bridgehead atoms. The first-order valence-electron chi connectivity index (χ1n) is 7.31. The van der Waals surface area contributed by atoms with Gasteiger partial charge in [-0.15, -0.1) is 0 Å². The molecule has 1 aliphatic heterocycles. The zero-order chi connectivity index (χ0) is 13.3. The average molecular weight is 253 g/mol. The highest BCUT2D eigenvalue weighted by Gasteiger charge is 2.44. The van der Waals surface area contributed by atoms with Crippen LogP contribution in [0.2, 0.25) is 0 Å². The number of carbonyl (C=O) groups is 1. The van der Waals surface area contributed by atoms with Gasteiger partial charge in [0.25, 0.3) is 0 Å². The van der Waals surface area contributed by atoms with E-state index in [-0.39, 0.29) is 5.97 Å². The third-order valence-corrected chi connectivity index (χ3v) is 5.11. The van der Waals surface area contributed by atoms with E-state index in [9.17, 15) is 4.79 Å². The van der Waals surface area contributed by atoms with Gasteiger partial charge in [0.2, 0.25) is 0 Å². The molecule has 4 atom stereocenters. The van der Waals surface area contributed by atoms with Gasteiger partial charge in [-0.25, -0.2) is 0 Å². The fourth-order valence-corrected chi connectivity index (χ4v) is 4.29. The molecular formula is C15H27NO2. The summed E-state index contributed by atoms with van der Waals surface area (Å²) in [6.07, 6.45) is 2.42. The summed E-state index contributed by atoms with van der Waals surface area (Å²) in [5.74, 6) is 3.80. The van der Waals surface area contributed by atoms with E-state index in [0.29, 0.717) is 6.61 Å². The van der Waals surface area contributed by atoms with Gasteiger partial charge in [0, 0.05) is 20.0 Å². The molecule has 18 heavy (non-hydrogen) atoms. The Morgan fingerprint density at radius 1 is 1.22 bits per heavy atom. The Kier molecular flexibility index (Phi) is 4.31. The van der Waals surface area contributed by atoms with E-state index in [1.165, 1.54) is 26.4 Å².